The highest BCUT2D eigenvalue weighted by Crippen LogP contribution is 2.54. The summed E-state index contributed by atoms with van der Waals surface area (Å²) in [4.78, 5) is 14.1. The number of fused-ring (bicyclic) bond motifs is 6. The highest BCUT2D eigenvalue weighted by molar-refractivity contribution is 14.1. The number of halogens is 1. The number of Topliss-reactive ketones (excluding diaryl/α,β-unsaturated/α-hetero) is 1. The van der Waals surface area contributed by atoms with Crippen molar-refractivity contribution in [3.05, 3.63) is 24.3 Å². The van der Waals surface area contributed by atoms with Crippen LogP contribution in [0.25, 0.3) is 0 Å². The Hall–Kier alpha value is -0.520. The highest BCUT2D eigenvalue weighted by Gasteiger charge is 2.68. The quantitative estimate of drug-likeness (QED) is 0.236. The molecule has 10 aliphatic rings. The molecule has 10 rings (SSSR count). The molecular formula is C40H57IO11. The van der Waals surface area contributed by atoms with Crippen LogP contribution in [0.5, 0.6) is 0 Å². The van der Waals surface area contributed by atoms with Crippen LogP contribution in [0.1, 0.15) is 90.4 Å². The van der Waals surface area contributed by atoms with Gasteiger partial charge in [-0.1, -0.05) is 42.7 Å². The van der Waals surface area contributed by atoms with Gasteiger partial charge in [-0.2, -0.15) is 0 Å². The van der Waals surface area contributed by atoms with Gasteiger partial charge in [0.2, 0.25) is 0 Å². The van der Waals surface area contributed by atoms with E-state index < -0.39 is 11.9 Å². The Kier molecular flexibility index (Phi) is 10.5. The molecule has 0 aromatic heterocycles. The molecule has 52 heavy (non-hydrogen) atoms. The molecule has 19 atom stereocenters. The Morgan fingerprint density at radius 3 is 2.38 bits per heavy atom. The standard InChI is InChI=1S/C40H57IO11/c1-19-11-24-5-7-28-20(2)12-26(45-28)9-10-40-17-33-36(51-40)37-38(50-33)39(52-40)35-29(49-37)8-6-25(47-35)13-22(42)14-27-31(16-30(46-24)21(19)3)48-32(34(27)44-4)15-23(43)18-41/h19,23-39,43H,2-3,5-18H2,1,4H3/t19?,23?,24?,25?,26?,27?,28?,29?,30?,31?,32?,33?,34?,35?,36?,37-,38?,39?,40?/m0/s1. The Morgan fingerprint density at radius 1 is 0.808 bits per heavy atom. The second kappa shape index (κ2) is 14.8. The molecule has 18 unspecified atom stereocenters. The predicted molar refractivity (Wildman–Crippen MR) is 196 cm³/mol. The van der Waals surface area contributed by atoms with E-state index >= 15 is 0 Å². The molecule has 0 aliphatic carbocycles. The van der Waals surface area contributed by atoms with Gasteiger partial charge in [-0.3, -0.25) is 4.79 Å². The fraction of sp³-hybridized carbons (Fsp3) is 0.875. The number of hydrogen-bond donors (Lipinski definition) is 1. The van der Waals surface area contributed by atoms with E-state index in [2.05, 4.69) is 42.7 Å². The minimum Gasteiger partial charge on any atom is -0.392 e. The van der Waals surface area contributed by atoms with E-state index in [4.69, 9.17) is 42.6 Å². The van der Waals surface area contributed by atoms with E-state index in [0.29, 0.717) is 48.9 Å². The van der Waals surface area contributed by atoms with E-state index in [-0.39, 0.29) is 103 Å². The van der Waals surface area contributed by atoms with Crippen LogP contribution < -0.4 is 0 Å². The molecule has 0 aromatic carbocycles. The lowest BCUT2D eigenvalue weighted by molar-refractivity contribution is -0.292. The molecule has 10 fully saturated rings. The Bertz CT molecular complexity index is 1380. The number of hydrogen-bond acceptors (Lipinski definition) is 11. The van der Waals surface area contributed by atoms with Crippen LogP contribution in [0, 0.1) is 11.8 Å². The van der Waals surface area contributed by atoms with Crippen molar-refractivity contribution in [1.29, 1.82) is 0 Å². The summed E-state index contributed by atoms with van der Waals surface area (Å²) in [5.74, 6) is -0.535. The minimum atomic E-state index is -0.773. The van der Waals surface area contributed by atoms with Crippen LogP contribution in [0.3, 0.4) is 0 Å². The monoisotopic (exact) mass is 840 g/mol. The number of aliphatic hydroxyl groups is 1. The molecule has 0 aromatic rings. The first-order valence-electron chi connectivity index (χ1n) is 20.0. The molecule has 12 heteroatoms. The number of methoxy groups -OCH3 is 1. The summed E-state index contributed by atoms with van der Waals surface area (Å²) in [5, 5.41) is 10.7. The lowest BCUT2D eigenvalue weighted by Gasteiger charge is -2.47. The molecule has 0 radical (unpaired) electrons. The molecule has 10 aliphatic heterocycles. The first kappa shape index (κ1) is 37.1. The fourth-order valence-electron chi connectivity index (χ4n) is 11.2. The lowest BCUT2D eigenvalue weighted by Crippen LogP contribution is -2.61. The molecule has 0 amide bonds. The van der Waals surface area contributed by atoms with Crippen molar-refractivity contribution in [2.75, 3.05) is 11.5 Å². The first-order chi connectivity index (χ1) is 25.1. The zero-order chi connectivity index (χ0) is 35.9. The molecule has 1 N–H and O–H groups in total. The molecule has 12 bridgehead atoms. The van der Waals surface area contributed by atoms with Gasteiger partial charge in [-0.05, 0) is 62.0 Å². The third-order valence-electron chi connectivity index (χ3n) is 13.9. The van der Waals surface area contributed by atoms with Gasteiger partial charge < -0.3 is 47.7 Å². The molecule has 0 saturated carbocycles. The molecule has 10 saturated heterocycles. The molecule has 1 spiro atoms. The van der Waals surface area contributed by atoms with Crippen molar-refractivity contribution in [3.8, 4) is 0 Å². The maximum absolute atomic E-state index is 14.1. The number of ether oxygens (including phenoxy) is 9. The van der Waals surface area contributed by atoms with Gasteiger partial charge in [0.15, 0.2) is 5.79 Å². The van der Waals surface area contributed by atoms with Crippen LogP contribution in [-0.4, -0.2) is 126 Å². The van der Waals surface area contributed by atoms with Crippen LogP contribution in [0.2, 0.25) is 0 Å². The summed E-state index contributed by atoms with van der Waals surface area (Å²) < 4.78 is 60.8. The average Bonchev–Trinajstić information content (AvgIpc) is 3.79. The maximum atomic E-state index is 14.1. The van der Waals surface area contributed by atoms with Crippen LogP contribution >= 0.6 is 22.6 Å². The number of rotatable bonds is 4. The van der Waals surface area contributed by atoms with Gasteiger partial charge in [0.1, 0.15) is 36.3 Å². The van der Waals surface area contributed by atoms with Crippen molar-refractivity contribution in [2.24, 2.45) is 11.8 Å². The average molecular weight is 841 g/mol. The van der Waals surface area contributed by atoms with E-state index in [1.54, 1.807) is 7.11 Å². The summed E-state index contributed by atoms with van der Waals surface area (Å²) in [5.41, 5.74) is 2.23. The van der Waals surface area contributed by atoms with Crippen molar-refractivity contribution >= 4 is 28.4 Å². The Balaban J connectivity index is 0.994. The first-order valence-corrected chi connectivity index (χ1v) is 21.6. The normalized spacial score (nSPS) is 52.4. The van der Waals surface area contributed by atoms with Crippen molar-refractivity contribution in [3.63, 3.8) is 0 Å². The molecule has 290 valence electrons. The zero-order valence-electron chi connectivity index (χ0n) is 30.6. The minimum absolute atomic E-state index is 0.00617. The molecular weight excluding hydrogens is 783 g/mol. The SMILES string of the molecule is C=C1CC2CCC34CC5OC6C(O3)C3OC(CCC3O[C@H]6C5O4)CC(=O)CC3C(CC4OC(CCC1O2)CC(C)C4=C)OC(CC(O)CI)C3OC. The summed E-state index contributed by atoms with van der Waals surface area (Å²) in [7, 11) is 1.69. The van der Waals surface area contributed by atoms with Crippen LogP contribution in [0.4, 0.5) is 0 Å². The zero-order valence-corrected chi connectivity index (χ0v) is 32.8. The Morgan fingerprint density at radius 2 is 1.56 bits per heavy atom. The highest BCUT2D eigenvalue weighted by atomic mass is 127. The lowest BCUT2D eigenvalue weighted by atomic mass is 9.81. The fourth-order valence-corrected chi connectivity index (χ4v) is 11.6. The van der Waals surface area contributed by atoms with Crippen LogP contribution in [-0.2, 0) is 47.4 Å². The van der Waals surface area contributed by atoms with E-state index in [1.807, 2.05) is 0 Å². The summed E-state index contributed by atoms with van der Waals surface area (Å²) in [6.45, 7) is 11.2. The van der Waals surface area contributed by atoms with Gasteiger partial charge in [-0.25, -0.2) is 0 Å². The number of carbonyl (C=O) groups excluding carboxylic acids is 1. The van der Waals surface area contributed by atoms with Gasteiger partial charge in [-0.15, -0.1) is 0 Å². The maximum Gasteiger partial charge on any atom is 0.172 e. The largest absolute Gasteiger partial charge is 0.392 e. The van der Waals surface area contributed by atoms with Crippen molar-refractivity contribution in [2.45, 2.75) is 194 Å². The second-order valence-electron chi connectivity index (χ2n) is 17.3. The van der Waals surface area contributed by atoms with E-state index in [1.165, 1.54) is 0 Å². The number of aliphatic hydroxyl groups excluding tert-OH is 1. The Labute approximate surface area is 321 Å². The number of ketones is 1. The summed E-state index contributed by atoms with van der Waals surface area (Å²) in [6.07, 6.45) is 5.64. The summed E-state index contributed by atoms with van der Waals surface area (Å²) in [6, 6.07) is 0. The van der Waals surface area contributed by atoms with Crippen molar-refractivity contribution < 1.29 is 52.5 Å². The van der Waals surface area contributed by atoms with Gasteiger partial charge in [0.05, 0.1) is 67.1 Å². The third-order valence-corrected chi connectivity index (χ3v) is 14.9. The third kappa shape index (κ3) is 6.83. The molecule has 10 heterocycles. The van der Waals surface area contributed by atoms with Crippen molar-refractivity contribution in [1.82, 2.24) is 0 Å². The van der Waals surface area contributed by atoms with Gasteiger partial charge >= 0.3 is 0 Å². The number of alkyl halides is 1. The van der Waals surface area contributed by atoms with E-state index in [0.717, 1.165) is 56.1 Å². The van der Waals surface area contributed by atoms with E-state index in [9.17, 15) is 9.90 Å². The second-order valence-corrected chi connectivity index (χ2v) is 18.2. The predicted octanol–water partition coefficient (Wildman–Crippen LogP) is 4.91. The smallest absolute Gasteiger partial charge is 0.172 e. The van der Waals surface area contributed by atoms with Gasteiger partial charge in [0.25, 0.3) is 0 Å². The topological polar surface area (TPSA) is 120 Å². The number of carbonyl (C=O) groups is 1. The van der Waals surface area contributed by atoms with Gasteiger partial charge in [0, 0.05) is 56.0 Å². The van der Waals surface area contributed by atoms with Crippen LogP contribution in [0.15, 0.2) is 24.3 Å². The molecule has 11 nitrogen and oxygen atoms in total. The summed E-state index contributed by atoms with van der Waals surface area (Å²) >= 11 is 2.20.